The molecule has 176 valence electrons. The number of hydrogen-bond donors (Lipinski definition) is 0. The highest BCUT2D eigenvalue weighted by Gasteiger charge is 2.50. The molecule has 2 heterocycles. The summed E-state index contributed by atoms with van der Waals surface area (Å²) in [5, 5.41) is 4.87. The third-order valence-electron chi connectivity index (χ3n) is 8.52. The Morgan fingerprint density at radius 3 is 2.03 bits per heavy atom. The molecule has 1 spiro atoms. The zero-order valence-electron chi connectivity index (χ0n) is 21.2. The van der Waals surface area contributed by atoms with E-state index in [0.717, 1.165) is 11.1 Å². The van der Waals surface area contributed by atoms with Crippen LogP contribution in [-0.4, -0.2) is 9.97 Å². The zero-order chi connectivity index (χ0) is 24.9. The molecule has 2 aliphatic carbocycles. The van der Waals surface area contributed by atoms with Gasteiger partial charge in [0.1, 0.15) is 0 Å². The molecule has 0 bridgehead atoms. The Kier molecular flexibility index (Phi) is 3.90. The van der Waals surface area contributed by atoms with Crippen LogP contribution in [0.3, 0.4) is 0 Å². The maximum absolute atomic E-state index is 5.02. The summed E-state index contributed by atoms with van der Waals surface area (Å²) < 4.78 is 0. The lowest BCUT2D eigenvalue weighted by Gasteiger charge is -2.40. The third kappa shape index (κ3) is 2.55. The Hall–Kier alpha value is -4.30. The fraction of sp³-hybridized carbons (Fsp3) is 0.143. The van der Waals surface area contributed by atoms with Crippen LogP contribution in [0.15, 0.2) is 104 Å². The van der Waals surface area contributed by atoms with Crippen LogP contribution in [0, 0.1) is 0 Å². The number of nitrogens with zero attached hydrogens (tertiary/aromatic N) is 2. The van der Waals surface area contributed by atoms with Crippen molar-refractivity contribution in [2.75, 3.05) is 0 Å². The van der Waals surface area contributed by atoms with Gasteiger partial charge in [-0.15, -0.1) is 0 Å². The fourth-order valence-corrected chi connectivity index (χ4v) is 6.85. The molecule has 0 atom stereocenters. The first-order valence-corrected chi connectivity index (χ1v) is 13.0. The van der Waals surface area contributed by atoms with Crippen molar-refractivity contribution in [2.45, 2.75) is 31.6 Å². The van der Waals surface area contributed by atoms with Crippen LogP contribution in [-0.2, 0) is 10.8 Å². The van der Waals surface area contributed by atoms with Gasteiger partial charge >= 0.3 is 0 Å². The van der Waals surface area contributed by atoms with E-state index in [9.17, 15) is 0 Å². The minimum Gasteiger partial charge on any atom is -0.264 e. The number of benzene rings is 4. The Morgan fingerprint density at radius 2 is 1.30 bits per heavy atom. The molecule has 0 radical (unpaired) electrons. The Bertz CT molecular complexity index is 1880. The first kappa shape index (κ1) is 20.8. The molecule has 0 N–H and O–H groups in total. The summed E-state index contributed by atoms with van der Waals surface area (Å²) >= 11 is 0. The third-order valence-corrected chi connectivity index (χ3v) is 8.52. The Morgan fingerprint density at radius 1 is 0.595 bits per heavy atom. The average Bonchev–Trinajstić information content (AvgIpc) is 3.21. The molecule has 8 rings (SSSR count). The molecule has 2 heteroatoms. The minimum absolute atomic E-state index is 0.0162. The molecule has 0 aliphatic heterocycles. The first-order chi connectivity index (χ1) is 18.0. The van der Waals surface area contributed by atoms with Crippen LogP contribution >= 0.6 is 0 Å². The van der Waals surface area contributed by atoms with E-state index in [1.165, 1.54) is 60.7 Å². The predicted octanol–water partition coefficient (Wildman–Crippen LogP) is 8.42. The maximum Gasteiger partial charge on any atom is 0.0787 e. The zero-order valence-corrected chi connectivity index (χ0v) is 21.2. The van der Waals surface area contributed by atoms with Crippen molar-refractivity contribution in [3.05, 3.63) is 131 Å². The van der Waals surface area contributed by atoms with Crippen molar-refractivity contribution in [3.63, 3.8) is 0 Å². The monoisotopic (exact) mass is 474 g/mol. The molecule has 4 aromatic carbocycles. The quantitative estimate of drug-likeness (QED) is 0.220. The molecular formula is C35H26N2. The minimum atomic E-state index is -0.421. The SMILES string of the molecule is CC(C)(C)c1cc2c3c(nccc3c1)-c1cc3cnccc3cc1C21c2ccccc2-c2ccccc21. The van der Waals surface area contributed by atoms with Gasteiger partial charge in [-0.25, -0.2) is 0 Å². The second-order valence-corrected chi connectivity index (χ2v) is 11.5. The van der Waals surface area contributed by atoms with Crippen molar-refractivity contribution in [2.24, 2.45) is 0 Å². The highest BCUT2D eigenvalue weighted by molar-refractivity contribution is 6.07. The Labute approximate surface area is 216 Å². The lowest BCUT2D eigenvalue weighted by Crippen LogP contribution is -2.32. The van der Waals surface area contributed by atoms with Crippen LogP contribution in [0.2, 0.25) is 0 Å². The van der Waals surface area contributed by atoms with E-state index >= 15 is 0 Å². The number of aromatic nitrogens is 2. The van der Waals surface area contributed by atoms with Crippen molar-refractivity contribution in [1.29, 1.82) is 0 Å². The van der Waals surface area contributed by atoms with Gasteiger partial charge in [0.2, 0.25) is 0 Å². The molecule has 6 aromatic rings. The van der Waals surface area contributed by atoms with Gasteiger partial charge in [-0.2, -0.15) is 0 Å². The summed E-state index contributed by atoms with van der Waals surface area (Å²) in [4.78, 5) is 9.46. The van der Waals surface area contributed by atoms with Gasteiger partial charge < -0.3 is 0 Å². The van der Waals surface area contributed by atoms with E-state index in [4.69, 9.17) is 4.98 Å². The summed E-state index contributed by atoms with van der Waals surface area (Å²) in [5.74, 6) is 0. The molecule has 0 amide bonds. The van der Waals surface area contributed by atoms with Gasteiger partial charge in [0.15, 0.2) is 0 Å². The van der Waals surface area contributed by atoms with Crippen molar-refractivity contribution < 1.29 is 0 Å². The molecule has 37 heavy (non-hydrogen) atoms. The molecule has 0 unspecified atom stereocenters. The van der Waals surface area contributed by atoms with Gasteiger partial charge in [-0.3, -0.25) is 9.97 Å². The van der Waals surface area contributed by atoms with Crippen LogP contribution < -0.4 is 0 Å². The molecule has 0 fully saturated rings. The summed E-state index contributed by atoms with van der Waals surface area (Å²) in [7, 11) is 0. The van der Waals surface area contributed by atoms with E-state index in [1.807, 2.05) is 18.6 Å². The molecular weight excluding hydrogens is 448 g/mol. The van der Waals surface area contributed by atoms with E-state index in [-0.39, 0.29) is 5.41 Å². The summed E-state index contributed by atoms with van der Waals surface area (Å²) in [6.07, 6.45) is 5.84. The van der Waals surface area contributed by atoms with E-state index < -0.39 is 5.41 Å². The Balaban J connectivity index is 1.67. The van der Waals surface area contributed by atoms with Crippen LogP contribution in [0.5, 0.6) is 0 Å². The fourth-order valence-electron chi connectivity index (χ4n) is 6.85. The maximum atomic E-state index is 5.02. The number of fused-ring (bicyclic) bond motifs is 10. The molecule has 2 aliphatic rings. The van der Waals surface area contributed by atoms with E-state index in [0.29, 0.717) is 0 Å². The van der Waals surface area contributed by atoms with Gasteiger partial charge in [0.25, 0.3) is 0 Å². The normalized spacial score (nSPS) is 14.6. The average molecular weight is 475 g/mol. The van der Waals surface area contributed by atoms with E-state index in [1.54, 1.807) is 0 Å². The van der Waals surface area contributed by atoms with Gasteiger partial charge in [-0.1, -0.05) is 81.4 Å². The predicted molar refractivity (Wildman–Crippen MR) is 152 cm³/mol. The standard InChI is InChI=1S/C35H26N2/c1-34(2,3)24-16-22-13-15-37-33-27-17-23-20-36-14-12-21(23)18-30(27)35(31(19-24)32(22)33)28-10-6-4-8-25(28)26-9-5-7-11-29(26)35/h4-20H,1-3H3. The highest BCUT2D eigenvalue weighted by atomic mass is 14.7. The van der Waals surface area contributed by atoms with Crippen LogP contribution in [0.1, 0.15) is 48.6 Å². The van der Waals surface area contributed by atoms with Crippen LogP contribution in [0.25, 0.3) is 43.9 Å². The number of pyridine rings is 2. The second-order valence-electron chi connectivity index (χ2n) is 11.5. The highest BCUT2D eigenvalue weighted by Crippen LogP contribution is 2.62. The van der Waals surface area contributed by atoms with E-state index in [2.05, 4.69) is 111 Å². The molecule has 0 saturated carbocycles. The van der Waals surface area contributed by atoms with Gasteiger partial charge in [-0.05, 0) is 79.4 Å². The van der Waals surface area contributed by atoms with Gasteiger partial charge in [0, 0.05) is 34.9 Å². The topological polar surface area (TPSA) is 25.8 Å². The first-order valence-electron chi connectivity index (χ1n) is 13.0. The van der Waals surface area contributed by atoms with Crippen molar-refractivity contribution >= 4 is 21.5 Å². The molecule has 0 saturated heterocycles. The van der Waals surface area contributed by atoms with Crippen LogP contribution in [0.4, 0.5) is 0 Å². The lowest BCUT2D eigenvalue weighted by molar-refractivity contribution is 0.588. The smallest absolute Gasteiger partial charge is 0.0787 e. The molecule has 2 nitrogen and oxygen atoms in total. The summed E-state index contributed by atoms with van der Waals surface area (Å²) in [6, 6.07) is 31.9. The van der Waals surface area contributed by atoms with Crippen molar-refractivity contribution in [1.82, 2.24) is 9.97 Å². The van der Waals surface area contributed by atoms with Crippen molar-refractivity contribution in [3.8, 4) is 22.4 Å². The largest absolute Gasteiger partial charge is 0.264 e. The summed E-state index contributed by atoms with van der Waals surface area (Å²) in [5.41, 5.74) is 11.2. The number of hydrogen-bond acceptors (Lipinski definition) is 2. The summed E-state index contributed by atoms with van der Waals surface area (Å²) in [6.45, 7) is 6.93. The lowest BCUT2D eigenvalue weighted by atomic mass is 9.61. The molecule has 2 aromatic heterocycles. The second kappa shape index (κ2) is 6.92. The van der Waals surface area contributed by atoms with Gasteiger partial charge in [0.05, 0.1) is 11.1 Å². The number of rotatable bonds is 0.